The van der Waals surface area contributed by atoms with E-state index in [9.17, 15) is 4.79 Å². The molecule has 0 aliphatic carbocycles. The predicted molar refractivity (Wildman–Crippen MR) is 95.8 cm³/mol. The van der Waals surface area contributed by atoms with Crippen molar-refractivity contribution in [3.05, 3.63) is 57.1 Å². The van der Waals surface area contributed by atoms with Crippen LogP contribution in [0.15, 0.2) is 18.2 Å². The number of cyclic esters (lactones) is 1. The van der Waals surface area contributed by atoms with Crippen molar-refractivity contribution in [2.24, 2.45) is 0 Å². The molecule has 3 heterocycles. The first-order valence-electron chi connectivity index (χ1n) is 9.02. The van der Waals surface area contributed by atoms with E-state index in [1.807, 2.05) is 19.9 Å². The van der Waals surface area contributed by atoms with Gasteiger partial charge in [0.25, 0.3) is 0 Å². The predicted octanol–water partition coefficient (Wildman–Crippen LogP) is 3.44. The maximum Gasteiger partial charge on any atom is 0.339 e. The number of nitrogens with one attached hydrogen (secondary N) is 1. The highest BCUT2D eigenvalue weighted by Crippen LogP contribution is 2.48. The molecule has 3 aliphatic rings. The van der Waals surface area contributed by atoms with E-state index < -0.39 is 0 Å². The van der Waals surface area contributed by atoms with Crippen molar-refractivity contribution < 1.29 is 19.0 Å². The van der Waals surface area contributed by atoms with Crippen LogP contribution in [-0.2, 0) is 11.2 Å². The normalized spacial score (nSPS) is 22.8. The lowest BCUT2D eigenvalue weighted by Crippen LogP contribution is -2.34. The van der Waals surface area contributed by atoms with Crippen LogP contribution in [-0.4, -0.2) is 19.3 Å². The van der Waals surface area contributed by atoms with E-state index in [0.717, 1.165) is 52.3 Å². The zero-order valence-electron chi connectivity index (χ0n) is 15.1. The number of benzene rings is 2. The third-order valence-electron chi connectivity index (χ3n) is 5.92. The average Bonchev–Trinajstić information content (AvgIpc) is 3.22. The molecule has 5 rings (SSSR count). The Balaban J connectivity index is 1.65. The minimum Gasteiger partial charge on any atom is -0.454 e. The van der Waals surface area contributed by atoms with Crippen molar-refractivity contribution in [3.8, 4) is 11.5 Å². The van der Waals surface area contributed by atoms with Crippen LogP contribution in [0.3, 0.4) is 0 Å². The first-order chi connectivity index (χ1) is 12.6. The lowest BCUT2D eigenvalue weighted by molar-refractivity contribution is 0.0285. The zero-order chi connectivity index (χ0) is 18.0. The number of fused-ring (bicyclic) bond motifs is 3. The number of hydrogen-bond acceptors (Lipinski definition) is 5. The van der Waals surface area contributed by atoms with Gasteiger partial charge in [-0.15, -0.1) is 0 Å². The Morgan fingerprint density at radius 2 is 1.96 bits per heavy atom. The van der Waals surface area contributed by atoms with Crippen LogP contribution in [0.1, 0.15) is 55.9 Å². The third-order valence-corrected chi connectivity index (χ3v) is 5.92. The van der Waals surface area contributed by atoms with Gasteiger partial charge < -0.3 is 19.5 Å². The molecular formula is C21H21NO4. The third kappa shape index (κ3) is 2.04. The molecule has 0 spiro atoms. The van der Waals surface area contributed by atoms with Crippen LogP contribution in [0.5, 0.6) is 11.5 Å². The van der Waals surface area contributed by atoms with Gasteiger partial charge in [0.2, 0.25) is 6.79 Å². The first kappa shape index (κ1) is 15.7. The lowest BCUT2D eigenvalue weighted by atomic mass is 9.84. The van der Waals surface area contributed by atoms with Crippen molar-refractivity contribution in [2.45, 2.75) is 39.3 Å². The Bertz CT molecular complexity index is 950. The standard InChI is InChI=1S/C21H21NO4/c1-10-4-5-14-17(11(10)2)21(23)26-20(14)18-16-12(3)19-15(24-9-25-19)8-13(16)6-7-22-18/h4-5,8,18,20,22H,6-7,9H2,1-3H3/t18-,20+/m1/s1. The molecule has 2 aromatic carbocycles. The van der Waals surface area contributed by atoms with E-state index in [1.165, 1.54) is 11.1 Å². The molecule has 134 valence electrons. The summed E-state index contributed by atoms with van der Waals surface area (Å²) in [5.41, 5.74) is 7.29. The summed E-state index contributed by atoms with van der Waals surface area (Å²) < 4.78 is 17.1. The van der Waals surface area contributed by atoms with Crippen LogP contribution in [0.25, 0.3) is 0 Å². The second-order valence-corrected chi connectivity index (χ2v) is 7.29. The highest BCUT2D eigenvalue weighted by molar-refractivity contribution is 5.96. The fraction of sp³-hybridized carbons (Fsp3) is 0.381. The van der Waals surface area contributed by atoms with Crippen LogP contribution in [0.2, 0.25) is 0 Å². The summed E-state index contributed by atoms with van der Waals surface area (Å²) in [6, 6.07) is 6.10. The van der Waals surface area contributed by atoms with Gasteiger partial charge in [-0.25, -0.2) is 4.79 Å². The molecule has 2 atom stereocenters. The van der Waals surface area contributed by atoms with Gasteiger partial charge in [0, 0.05) is 11.1 Å². The molecule has 2 aromatic rings. The maximum absolute atomic E-state index is 12.6. The molecule has 1 N–H and O–H groups in total. The van der Waals surface area contributed by atoms with E-state index in [2.05, 4.69) is 24.4 Å². The van der Waals surface area contributed by atoms with Crippen molar-refractivity contribution in [1.29, 1.82) is 0 Å². The SMILES string of the molecule is Cc1ccc2c(c1C)C(=O)O[C@@H]2[C@@H]1NCCc2cc3c(c(C)c21)OCO3. The molecule has 0 saturated heterocycles. The number of esters is 1. The van der Waals surface area contributed by atoms with Crippen LogP contribution >= 0.6 is 0 Å². The summed E-state index contributed by atoms with van der Waals surface area (Å²) >= 11 is 0. The molecule has 0 unspecified atom stereocenters. The van der Waals surface area contributed by atoms with E-state index in [1.54, 1.807) is 0 Å². The maximum atomic E-state index is 12.6. The smallest absolute Gasteiger partial charge is 0.339 e. The van der Waals surface area contributed by atoms with Gasteiger partial charge in [0.1, 0.15) is 6.10 Å². The fourth-order valence-electron chi connectivity index (χ4n) is 4.48. The zero-order valence-corrected chi connectivity index (χ0v) is 15.1. The molecule has 26 heavy (non-hydrogen) atoms. The number of rotatable bonds is 1. The number of carbonyl (C=O) groups excluding carboxylic acids is 1. The molecule has 0 radical (unpaired) electrons. The summed E-state index contributed by atoms with van der Waals surface area (Å²) in [5, 5.41) is 3.57. The summed E-state index contributed by atoms with van der Waals surface area (Å²) in [7, 11) is 0. The van der Waals surface area contributed by atoms with E-state index in [-0.39, 0.29) is 24.9 Å². The molecule has 5 nitrogen and oxygen atoms in total. The van der Waals surface area contributed by atoms with Gasteiger partial charge in [-0.1, -0.05) is 12.1 Å². The Morgan fingerprint density at radius 3 is 2.81 bits per heavy atom. The molecule has 0 bridgehead atoms. The molecule has 0 aromatic heterocycles. The van der Waals surface area contributed by atoms with Crippen molar-refractivity contribution >= 4 is 5.97 Å². The van der Waals surface area contributed by atoms with Gasteiger partial charge in [-0.05, 0) is 62.1 Å². The van der Waals surface area contributed by atoms with Gasteiger partial charge in [0.05, 0.1) is 11.6 Å². The summed E-state index contributed by atoms with van der Waals surface area (Å²) in [6.07, 6.45) is 0.596. The Morgan fingerprint density at radius 1 is 1.12 bits per heavy atom. The number of hydrogen-bond donors (Lipinski definition) is 1. The Hall–Kier alpha value is -2.53. The van der Waals surface area contributed by atoms with Crippen molar-refractivity contribution in [2.75, 3.05) is 13.3 Å². The van der Waals surface area contributed by atoms with Gasteiger partial charge in [-0.2, -0.15) is 0 Å². The largest absolute Gasteiger partial charge is 0.454 e. The quantitative estimate of drug-likeness (QED) is 0.798. The summed E-state index contributed by atoms with van der Waals surface area (Å²) in [5.74, 6) is 1.40. The molecule has 0 fully saturated rings. The Labute approximate surface area is 152 Å². The van der Waals surface area contributed by atoms with Crippen molar-refractivity contribution in [3.63, 3.8) is 0 Å². The summed E-state index contributed by atoms with van der Waals surface area (Å²) in [4.78, 5) is 12.6. The van der Waals surface area contributed by atoms with Crippen LogP contribution in [0, 0.1) is 20.8 Å². The van der Waals surface area contributed by atoms with Crippen LogP contribution in [0.4, 0.5) is 0 Å². The summed E-state index contributed by atoms with van der Waals surface area (Å²) in [6.45, 7) is 7.17. The van der Waals surface area contributed by atoms with Gasteiger partial charge in [-0.3, -0.25) is 0 Å². The second kappa shape index (κ2) is 5.48. The lowest BCUT2D eigenvalue weighted by Gasteiger charge is -2.32. The van der Waals surface area contributed by atoms with E-state index >= 15 is 0 Å². The van der Waals surface area contributed by atoms with E-state index in [4.69, 9.17) is 14.2 Å². The second-order valence-electron chi connectivity index (χ2n) is 7.29. The monoisotopic (exact) mass is 351 g/mol. The first-order valence-corrected chi connectivity index (χ1v) is 9.02. The van der Waals surface area contributed by atoms with Gasteiger partial charge >= 0.3 is 5.97 Å². The molecule has 0 saturated carbocycles. The number of ether oxygens (including phenoxy) is 3. The number of carbonyl (C=O) groups is 1. The van der Waals surface area contributed by atoms with Crippen molar-refractivity contribution in [1.82, 2.24) is 5.32 Å². The Kier molecular flexibility index (Phi) is 3.31. The topological polar surface area (TPSA) is 56.8 Å². The highest BCUT2D eigenvalue weighted by atomic mass is 16.7. The minimum absolute atomic E-state index is 0.0828. The average molecular weight is 351 g/mol. The molecule has 3 aliphatic heterocycles. The number of aryl methyl sites for hydroxylation is 1. The van der Waals surface area contributed by atoms with Crippen LogP contribution < -0.4 is 14.8 Å². The van der Waals surface area contributed by atoms with E-state index in [0.29, 0.717) is 0 Å². The highest BCUT2D eigenvalue weighted by Gasteiger charge is 2.41. The molecule has 5 heteroatoms. The van der Waals surface area contributed by atoms with Gasteiger partial charge in [0.15, 0.2) is 11.5 Å². The minimum atomic E-state index is -0.324. The molecule has 0 amide bonds. The molecular weight excluding hydrogens is 330 g/mol. The fourth-order valence-corrected chi connectivity index (χ4v) is 4.48.